The van der Waals surface area contributed by atoms with Crippen LogP contribution < -0.4 is 5.32 Å². The number of aryl methyl sites for hydroxylation is 1. The Morgan fingerprint density at radius 2 is 2.04 bits per heavy atom. The zero-order valence-electron chi connectivity index (χ0n) is 13.7. The number of thiazole rings is 1. The number of carboxylic acids is 1. The van der Waals surface area contributed by atoms with Gasteiger partial charge < -0.3 is 10.4 Å². The van der Waals surface area contributed by atoms with Crippen molar-refractivity contribution in [3.05, 3.63) is 45.2 Å². The normalized spacial score (nSPS) is 11.2. The Hall–Kier alpha value is -2.45. The molecular weight excluding hydrogens is 364 g/mol. The van der Waals surface area contributed by atoms with E-state index >= 15 is 0 Å². The lowest BCUT2D eigenvalue weighted by Gasteiger charge is -2.07. The number of fused-ring (bicyclic) bond motifs is 1. The monoisotopic (exact) mass is 378 g/mol. The molecule has 0 fully saturated rings. The predicted molar refractivity (Wildman–Crippen MR) is 96.1 cm³/mol. The van der Waals surface area contributed by atoms with Gasteiger partial charge in [0.2, 0.25) is 4.96 Å². The van der Waals surface area contributed by atoms with Gasteiger partial charge in [-0.2, -0.15) is 0 Å². The van der Waals surface area contributed by atoms with Gasteiger partial charge in [-0.25, -0.2) is 4.79 Å². The van der Waals surface area contributed by atoms with Gasteiger partial charge in [0.05, 0.1) is 10.6 Å². The van der Waals surface area contributed by atoms with E-state index in [1.54, 1.807) is 6.07 Å². The minimum absolute atomic E-state index is 0.0662. The average molecular weight is 379 g/mol. The summed E-state index contributed by atoms with van der Waals surface area (Å²) < 4.78 is 1.87. The minimum atomic E-state index is -1.15. The SMILES string of the molecule is Cc1c(C(=O)Nc2ccc(Cl)c(C(=O)O)c2)sc2nnc(C(C)C)n12. The van der Waals surface area contributed by atoms with Gasteiger partial charge in [0.15, 0.2) is 0 Å². The first kappa shape index (κ1) is 17.4. The predicted octanol–water partition coefficient (Wildman–Crippen LogP) is 3.83. The maximum Gasteiger partial charge on any atom is 0.337 e. The quantitative estimate of drug-likeness (QED) is 0.719. The molecule has 130 valence electrons. The number of nitrogens with one attached hydrogen (secondary N) is 1. The molecule has 0 aliphatic carbocycles. The van der Waals surface area contributed by atoms with Crippen molar-refractivity contribution in [2.75, 3.05) is 5.32 Å². The Kier molecular flexibility index (Phi) is 4.49. The summed E-state index contributed by atoms with van der Waals surface area (Å²) in [6, 6.07) is 4.33. The second-order valence-electron chi connectivity index (χ2n) is 5.80. The van der Waals surface area contributed by atoms with E-state index in [9.17, 15) is 9.59 Å². The highest BCUT2D eigenvalue weighted by Crippen LogP contribution is 2.27. The van der Waals surface area contributed by atoms with Crippen LogP contribution in [0, 0.1) is 6.92 Å². The van der Waals surface area contributed by atoms with Gasteiger partial charge in [0.1, 0.15) is 10.7 Å². The maximum atomic E-state index is 12.6. The first-order valence-electron chi connectivity index (χ1n) is 7.48. The fourth-order valence-electron chi connectivity index (χ4n) is 2.47. The molecule has 0 spiro atoms. The summed E-state index contributed by atoms with van der Waals surface area (Å²) in [5.41, 5.74) is 1.04. The third-order valence-corrected chi connectivity index (χ3v) is 5.15. The lowest BCUT2D eigenvalue weighted by atomic mass is 10.2. The summed E-state index contributed by atoms with van der Waals surface area (Å²) in [6.07, 6.45) is 0. The molecule has 1 amide bonds. The molecule has 7 nitrogen and oxygen atoms in total. The minimum Gasteiger partial charge on any atom is -0.478 e. The fourth-order valence-corrected chi connectivity index (χ4v) is 3.64. The number of carboxylic acid groups (broad SMARTS) is 1. The molecule has 3 rings (SSSR count). The summed E-state index contributed by atoms with van der Waals surface area (Å²) in [5, 5.41) is 20.2. The van der Waals surface area contributed by atoms with Crippen LogP contribution in [0.2, 0.25) is 5.02 Å². The number of hydrogen-bond acceptors (Lipinski definition) is 5. The van der Waals surface area contributed by atoms with Crippen molar-refractivity contribution in [1.29, 1.82) is 0 Å². The molecule has 0 bridgehead atoms. The third kappa shape index (κ3) is 3.10. The Bertz CT molecular complexity index is 993. The number of aromatic carboxylic acids is 1. The van der Waals surface area contributed by atoms with Gasteiger partial charge in [-0.1, -0.05) is 36.8 Å². The Morgan fingerprint density at radius 1 is 1.32 bits per heavy atom. The number of carbonyl (C=O) groups excluding carboxylic acids is 1. The molecule has 0 unspecified atom stereocenters. The smallest absolute Gasteiger partial charge is 0.337 e. The number of carbonyl (C=O) groups is 2. The number of hydrogen-bond donors (Lipinski definition) is 2. The summed E-state index contributed by atoms with van der Waals surface area (Å²) in [4.78, 5) is 24.9. The standard InChI is InChI=1S/C16H15ClN4O3S/c1-7(2)13-19-20-16-21(13)8(3)12(25-16)14(22)18-9-4-5-11(17)10(6-9)15(23)24/h4-7H,1-3H3,(H,18,22)(H,23,24). The van der Waals surface area contributed by atoms with Crippen molar-refractivity contribution in [1.82, 2.24) is 14.6 Å². The molecule has 0 saturated carbocycles. The third-order valence-electron chi connectivity index (χ3n) is 3.69. The van der Waals surface area contributed by atoms with Crippen molar-refractivity contribution < 1.29 is 14.7 Å². The van der Waals surface area contributed by atoms with Crippen molar-refractivity contribution in [2.45, 2.75) is 26.7 Å². The lowest BCUT2D eigenvalue weighted by molar-refractivity contribution is 0.0696. The van der Waals surface area contributed by atoms with E-state index in [1.165, 1.54) is 23.5 Å². The van der Waals surface area contributed by atoms with E-state index < -0.39 is 5.97 Å². The molecule has 0 radical (unpaired) electrons. The largest absolute Gasteiger partial charge is 0.478 e. The van der Waals surface area contributed by atoms with Crippen molar-refractivity contribution in [3.63, 3.8) is 0 Å². The lowest BCUT2D eigenvalue weighted by Crippen LogP contribution is -2.13. The van der Waals surface area contributed by atoms with Crippen molar-refractivity contribution >= 4 is 45.5 Å². The highest BCUT2D eigenvalue weighted by Gasteiger charge is 2.21. The molecule has 2 heterocycles. The number of amides is 1. The van der Waals surface area contributed by atoms with Gasteiger partial charge in [0.25, 0.3) is 5.91 Å². The van der Waals surface area contributed by atoms with Gasteiger partial charge in [0, 0.05) is 17.3 Å². The number of nitrogens with zero attached hydrogens (tertiary/aromatic N) is 3. The number of aromatic nitrogens is 3. The molecule has 2 N–H and O–H groups in total. The summed E-state index contributed by atoms with van der Waals surface area (Å²) in [5.74, 6) is -0.517. The van der Waals surface area contributed by atoms with Gasteiger partial charge in [-0.3, -0.25) is 9.20 Å². The number of rotatable bonds is 4. The molecule has 9 heteroatoms. The highest BCUT2D eigenvalue weighted by molar-refractivity contribution is 7.19. The number of benzene rings is 1. The Labute approximate surface area is 152 Å². The van der Waals surface area contributed by atoms with E-state index in [0.29, 0.717) is 15.5 Å². The molecule has 2 aromatic heterocycles. The van der Waals surface area contributed by atoms with E-state index in [0.717, 1.165) is 11.5 Å². The van der Waals surface area contributed by atoms with Crippen LogP contribution in [0.3, 0.4) is 0 Å². The zero-order valence-corrected chi connectivity index (χ0v) is 15.3. The van der Waals surface area contributed by atoms with Crippen molar-refractivity contribution in [3.8, 4) is 0 Å². The van der Waals surface area contributed by atoms with Crippen LogP contribution in [0.4, 0.5) is 5.69 Å². The molecule has 0 aliphatic heterocycles. The fraction of sp³-hybridized carbons (Fsp3) is 0.250. The first-order chi connectivity index (χ1) is 11.8. The molecular formula is C16H15ClN4O3S. The maximum absolute atomic E-state index is 12.6. The second-order valence-corrected chi connectivity index (χ2v) is 7.19. The van der Waals surface area contributed by atoms with E-state index in [-0.39, 0.29) is 22.4 Å². The van der Waals surface area contributed by atoms with Crippen LogP contribution in [-0.4, -0.2) is 31.6 Å². The molecule has 0 atom stereocenters. The molecule has 25 heavy (non-hydrogen) atoms. The number of anilines is 1. The first-order valence-corrected chi connectivity index (χ1v) is 8.67. The van der Waals surface area contributed by atoms with Crippen LogP contribution in [0.1, 0.15) is 51.3 Å². The second kappa shape index (κ2) is 6.45. The summed E-state index contributed by atoms with van der Waals surface area (Å²) in [6.45, 7) is 5.85. The van der Waals surface area contributed by atoms with E-state index in [1.807, 2.05) is 25.2 Å². The average Bonchev–Trinajstić information content (AvgIpc) is 3.09. The highest BCUT2D eigenvalue weighted by atomic mass is 35.5. The Morgan fingerprint density at radius 3 is 2.68 bits per heavy atom. The van der Waals surface area contributed by atoms with Gasteiger partial charge in [-0.15, -0.1) is 10.2 Å². The van der Waals surface area contributed by atoms with Crippen LogP contribution in [0.15, 0.2) is 18.2 Å². The van der Waals surface area contributed by atoms with Crippen LogP contribution in [0.5, 0.6) is 0 Å². The van der Waals surface area contributed by atoms with Crippen LogP contribution in [0.25, 0.3) is 4.96 Å². The summed E-state index contributed by atoms with van der Waals surface area (Å²) in [7, 11) is 0. The Balaban J connectivity index is 1.94. The molecule has 1 aromatic carbocycles. The van der Waals surface area contributed by atoms with Crippen LogP contribution in [-0.2, 0) is 0 Å². The number of halogens is 1. The van der Waals surface area contributed by atoms with Crippen LogP contribution >= 0.6 is 22.9 Å². The van der Waals surface area contributed by atoms with Crippen molar-refractivity contribution in [2.24, 2.45) is 0 Å². The van der Waals surface area contributed by atoms with E-state index in [4.69, 9.17) is 16.7 Å². The zero-order chi connectivity index (χ0) is 18.3. The topological polar surface area (TPSA) is 96.6 Å². The van der Waals surface area contributed by atoms with E-state index in [2.05, 4.69) is 15.5 Å². The molecule has 0 saturated heterocycles. The van der Waals surface area contributed by atoms with Gasteiger partial charge >= 0.3 is 5.97 Å². The molecule has 3 aromatic rings. The molecule has 0 aliphatic rings. The van der Waals surface area contributed by atoms with Gasteiger partial charge in [-0.05, 0) is 25.1 Å². The summed E-state index contributed by atoms with van der Waals surface area (Å²) >= 11 is 7.08.